The maximum Gasteiger partial charge on any atom is 0.432 e. The molecule has 0 fully saturated rings. The number of alkyl halides is 3. The lowest BCUT2D eigenvalue weighted by atomic mass is 10.1. The van der Waals surface area contributed by atoms with Gasteiger partial charge in [0, 0.05) is 14.6 Å². The van der Waals surface area contributed by atoms with Crippen molar-refractivity contribution in [2.45, 2.75) is 25.2 Å². The number of rotatable bonds is 6. The van der Waals surface area contributed by atoms with Crippen molar-refractivity contribution in [2.75, 3.05) is 0 Å². The Balaban J connectivity index is 1.57. The minimum absolute atomic E-state index is 0.0503. The van der Waals surface area contributed by atoms with Crippen LogP contribution in [0.4, 0.5) is 13.2 Å². The van der Waals surface area contributed by atoms with Crippen LogP contribution >= 0.6 is 34.3 Å². The van der Waals surface area contributed by atoms with Gasteiger partial charge >= 0.3 is 12.1 Å². The molecular weight excluding hydrogens is 469 g/mol. The largest absolute Gasteiger partial charge is 0.481 e. The van der Waals surface area contributed by atoms with Gasteiger partial charge in [-0.1, -0.05) is 29.8 Å². The summed E-state index contributed by atoms with van der Waals surface area (Å²) in [7, 11) is 0. The predicted octanol–water partition coefficient (Wildman–Crippen LogP) is 6.26. The van der Waals surface area contributed by atoms with Gasteiger partial charge in [0.2, 0.25) is 0 Å². The van der Waals surface area contributed by atoms with Gasteiger partial charge in [0.15, 0.2) is 0 Å². The monoisotopic (exact) mass is 484 g/mol. The average Bonchev–Trinajstić information content (AvgIpc) is 3.41. The lowest BCUT2D eigenvalue weighted by molar-refractivity contribution is -0.136. The minimum Gasteiger partial charge on any atom is -0.481 e. The van der Waals surface area contributed by atoms with Crippen molar-refractivity contribution in [2.24, 2.45) is 0 Å². The number of halogens is 4. The first-order valence-corrected chi connectivity index (χ1v) is 11.2. The fourth-order valence-electron chi connectivity index (χ4n) is 3.32. The zero-order valence-corrected chi connectivity index (χ0v) is 18.2. The Morgan fingerprint density at radius 2 is 1.97 bits per heavy atom. The molecule has 3 heterocycles. The van der Waals surface area contributed by atoms with E-state index in [1.54, 1.807) is 36.4 Å². The van der Waals surface area contributed by atoms with Crippen LogP contribution < -0.4 is 5.43 Å². The highest BCUT2D eigenvalue weighted by atomic mass is 35.5. The molecule has 2 N–H and O–H groups in total. The number of aliphatic carboxylic acids is 1. The van der Waals surface area contributed by atoms with Crippen molar-refractivity contribution < 1.29 is 23.1 Å². The molecule has 1 aliphatic rings. The number of hydrogen-bond donors (Lipinski definition) is 2. The van der Waals surface area contributed by atoms with Crippen LogP contribution in [0.1, 0.15) is 21.4 Å². The Labute approximate surface area is 189 Å². The predicted molar refractivity (Wildman–Crippen MR) is 116 cm³/mol. The molecule has 0 amide bonds. The zero-order valence-electron chi connectivity index (χ0n) is 15.8. The quantitative estimate of drug-likeness (QED) is 0.433. The normalized spacial score (nSPS) is 16.6. The minimum atomic E-state index is -4.49. The third-order valence-electron chi connectivity index (χ3n) is 4.64. The van der Waals surface area contributed by atoms with Crippen molar-refractivity contribution in [3.05, 3.63) is 80.0 Å². The Morgan fingerprint density at radius 3 is 2.65 bits per heavy atom. The van der Waals surface area contributed by atoms with Crippen LogP contribution in [0.25, 0.3) is 10.4 Å². The highest BCUT2D eigenvalue weighted by molar-refractivity contribution is 7.16. The topological polar surface area (TPSA) is 52.6 Å². The molecule has 1 unspecified atom stereocenters. The summed E-state index contributed by atoms with van der Waals surface area (Å²) in [4.78, 5) is 13.3. The summed E-state index contributed by atoms with van der Waals surface area (Å²) in [6.45, 7) is 0.0503. The SMILES string of the molecule is O=C(O)Cc1cccc(-c2ccc(C3C=C(C(F)(F)F)N(Cc4ccc(Cl)s4)N3)s2)c1. The molecule has 0 radical (unpaired) electrons. The molecule has 2 aromatic heterocycles. The number of allylic oxidation sites excluding steroid dienone is 1. The molecule has 0 saturated heterocycles. The number of benzene rings is 1. The standard InChI is InChI=1S/C21H16ClF3N2O2S2/c22-19-7-4-14(30-19)11-27-18(21(23,24)25)10-15(26-27)17-6-5-16(31-17)13-3-1-2-12(8-13)9-20(28)29/h1-8,10,15,26H,9,11H2,(H,28,29). The number of carboxylic acids is 1. The summed E-state index contributed by atoms with van der Waals surface area (Å²) in [6.07, 6.45) is -3.39. The van der Waals surface area contributed by atoms with Crippen molar-refractivity contribution >= 4 is 40.2 Å². The van der Waals surface area contributed by atoms with Crippen LogP contribution in [0.15, 0.2) is 60.3 Å². The Bertz CT molecular complexity index is 1140. The van der Waals surface area contributed by atoms with Gasteiger partial charge in [-0.05, 0) is 47.5 Å². The van der Waals surface area contributed by atoms with Crippen molar-refractivity contribution in [1.29, 1.82) is 0 Å². The maximum atomic E-state index is 13.6. The molecule has 0 spiro atoms. The first-order chi connectivity index (χ1) is 14.7. The molecule has 1 aromatic carbocycles. The molecule has 31 heavy (non-hydrogen) atoms. The number of nitrogens with zero attached hydrogens (tertiary/aromatic N) is 1. The molecule has 3 aromatic rings. The number of carboxylic acid groups (broad SMARTS) is 1. The van der Waals surface area contributed by atoms with Gasteiger partial charge in [0.1, 0.15) is 5.70 Å². The van der Waals surface area contributed by atoms with Gasteiger partial charge in [-0.2, -0.15) is 13.2 Å². The molecule has 1 atom stereocenters. The van der Waals surface area contributed by atoms with Gasteiger partial charge in [-0.25, -0.2) is 5.43 Å². The highest BCUT2D eigenvalue weighted by Crippen LogP contribution is 2.40. The van der Waals surface area contributed by atoms with Crippen molar-refractivity contribution in [3.8, 4) is 10.4 Å². The van der Waals surface area contributed by atoms with E-state index in [1.165, 1.54) is 28.7 Å². The van der Waals surface area contributed by atoms with Crippen LogP contribution in [0.3, 0.4) is 0 Å². The Morgan fingerprint density at radius 1 is 1.16 bits per heavy atom. The second kappa shape index (κ2) is 8.66. The molecular formula is C21H16ClF3N2O2S2. The number of carbonyl (C=O) groups is 1. The van der Waals surface area contributed by atoms with Crippen LogP contribution in [0, 0.1) is 0 Å². The average molecular weight is 485 g/mol. The van der Waals surface area contributed by atoms with Crippen LogP contribution in [-0.4, -0.2) is 22.3 Å². The summed E-state index contributed by atoms with van der Waals surface area (Å²) < 4.78 is 41.4. The van der Waals surface area contributed by atoms with E-state index in [1.807, 2.05) is 12.1 Å². The van der Waals surface area contributed by atoms with Gasteiger partial charge in [0.25, 0.3) is 0 Å². The van der Waals surface area contributed by atoms with Gasteiger partial charge in [0.05, 0.1) is 23.3 Å². The number of hydrogen-bond acceptors (Lipinski definition) is 5. The molecule has 10 heteroatoms. The Kier molecular flexibility index (Phi) is 6.11. The van der Waals surface area contributed by atoms with Crippen molar-refractivity contribution in [1.82, 2.24) is 10.4 Å². The second-order valence-electron chi connectivity index (χ2n) is 6.92. The Hall–Kier alpha value is -2.33. The van der Waals surface area contributed by atoms with Crippen molar-refractivity contribution in [3.63, 3.8) is 0 Å². The third kappa shape index (κ3) is 5.12. The fourth-order valence-corrected chi connectivity index (χ4v) is 5.42. The van der Waals surface area contributed by atoms with Gasteiger partial charge in [-0.3, -0.25) is 9.80 Å². The fraction of sp³-hybridized carbons (Fsp3) is 0.190. The van der Waals surface area contributed by atoms with E-state index < -0.39 is 23.9 Å². The molecule has 0 aliphatic carbocycles. The third-order valence-corrected chi connectivity index (χ3v) is 7.08. The van der Waals surface area contributed by atoms with E-state index in [0.29, 0.717) is 9.90 Å². The van der Waals surface area contributed by atoms with E-state index in [4.69, 9.17) is 16.7 Å². The molecule has 0 saturated carbocycles. The second-order valence-corrected chi connectivity index (χ2v) is 9.84. The lowest BCUT2D eigenvalue weighted by Crippen LogP contribution is -2.36. The summed E-state index contributed by atoms with van der Waals surface area (Å²) in [5.74, 6) is -0.920. The van der Waals surface area contributed by atoms with Gasteiger partial charge < -0.3 is 5.11 Å². The first kappa shape index (κ1) is 21.9. The van der Waals surface area contributed by atoms with E-state index in [-0.39, 0.29) is 13.0 Å². The lowest BCUT2D eigenvalue weighted by Gasteiger charge is -2.24. The molecule has 4 rings (SSSR count). The highest BCUT2D eigenvalue weighted by Gasteiger charge is 2.42. The van der Waals surface area contributed by atoms with E-state index >= 15 is 0 Å². The smallest absolute Gasteiger partial charge is 0.432 e. The van der Waals surface area contributed by atoms with E-state index in [0.717, 1.165) is 25.2 Å². The summed E-state index contributed by atoms with van der Waals surface area (Å²) >= 11 is 8.52. The van der Waals surface area contributed by atoms with E-state index in [9.17, 15) is 18.0 Å². The summed E-state index contributed by atoms with van der Waals surface area (Å²) in [5.41, 5.74) is 3.70. The zero-order chi connectivity index (χ0) is 22.2. The van der Waals surface area contributed by atoms with Crippen LogP contribution in [0.5, 0.6) is 0 Å². The number of thiophene rings is 2. The summed E-state index contributed by atoms with van der Waals surface area (Å²) in [6, 6.07) is 13.5. The molecule has 4 nitrogen and oxygen atoms in total. The molecule has 1 aliphatic heterocycles. The number of nitrogens with one attached hydrogen (secondary N) is 1. The first-order valence-electron chi connectivity index (χ1n) is 9.17. The van der Waals surface area contributed by atoms with Gasteiger partial charge in [-0.15, -0.1) is 22.7 Å². The maximum absolute atomic E-state index is 13.6. The molecule has 162 valence electrons. The van der Waals surface area contributed by atoms with Crippen LogP contribution in [-0.2, 0) is 17.8 Å². The molecule has 0 bridgehead atoms. The van der Waals surface area contributed by atoms with Crippen LogP contribution in [0.2, 0.25) is 4.34 Å². The van der Waals surface area contributed by atoms with E-state index in [2.05, 4.69) is 5.43 Å². The summed E-state index contributed by atoms with van der Waals surface area (Å²) in [5, 5.41) is 10.1. The number of hydrazine groups is 1.